The molecule has 10 aromatic rings. The highest BCUT2D eigenvalue weighted by molar-refractivity contribution is 6.30. The SMILES string of the molecule is CCCCCCCCC1(CCCCCCCC)c2cc(-c3ccc(-c4ccc5c(c4)C(c4ccccc4)(c4ccccc4)c4ccccc4-5)cc3)ccc2-c2ccc(-c3ccc4c(c3)C(C)(C)c3cc(-c5ccc(Cl)cc5)ccc3-4)cc21. The Morgan fingerprint density at radius 3 is 1.05 bits per heavy atom. The number of rotatable bonds is 20. The molecule has 13 rings (SSSR count). The second-order valence-electron chi connectivity index (χ2n) is 24.7. The van der Waals surface area contributed by atoms with Gasteiger partial charge in [-0.05, 0) is 178 Å². The van der Waals surface area contributed by atoms with Gasteiger partial charge in [-0.15, -0.1) is 0 Å². The molecule has 0 saturated heterocycles. The van der Waals surface area contributed by atoms with Gasteiger partial charge in [0.05, 0.1) is 5.41 Å². The van der Waals surface area contributed by atoms with Crippen LogP contribution in [0.5, 0.6) is 0 Å². The van der Waals surface area contributed by atoms with E-state index in [1.54, 1.807) is 11.1 Å². The summed E-state index contributed by atoms with van der Waals surface area (Å²) in [6.45, 7) is 9.49. The molecule has 0 fully saturated rings. The molecular formula is C81H77Cl. The van der Waals surface area contributed by atoms with Crippen LogP contribution in [0.15, 0.2) is 224 Å². The fraction of sp³-hybridized carbons (Fsp3) is 0.259. The van der Waals surface area contributed by atoms with E-state index < -0.39 is 5.41 Å². The third kappa shape index (κ3) is 9.40. The van der Waals surface area contributed by atoms with Crippen LogP contribution in [0.2, 0.25) is 5.02 Å². The zero-order valence-electron chi connectivity index (χ0n) is 48.6. The zero-order valence-corrected chi connectivity index (χ0v) is 49.4. The van der Waals surface area contributed by atoms with Crippen LogP contribution in [0.1, 0.15) is 162 Å². The standard InChI is InChI=1S/C81H77Cl/c1-5-7-9-11-13-23-49-80(50-24-14-12-10-8-6-2)76-53-60(56-31-33-57(34-32-56)61-39-48-72-67-29-21-22-30-73(67)81(78(72)55-61,64-25-17-15-18-26-64)65-27-19-16-20-28-65)38-46-70(76)71-47-41-63(54-77(71)80)62-40-45-69-68-44-37-59(58-35-42-66(82)43-36-58)51-74(68)79(3,4)75(69)52-62/h15-22,25-48,51-55H,5-14,23-24,49-50H2,1-4H3. The molecule has 0 aromatic heterocycles. The largest absolute Gasteiger partial charge is 0.0843 e. The van der Waals surface area contributed by atoms with Gasteiger partial charge in [-0.25, -0.2) is 0 Å². The fourth-order valence-corrected chi connectivity index (χ4v) is 15.3. The van der Waals surface area contributed by atoms with Gasteiger partial charge in [0.2, 0.25) is 0 Å². The third-order valence-electron chi connectivity index (χ3n) is 19.5. The second kappa shape index (κ2) is 22.7. The van der Waals surface area contributed by atoms with E-state index in [0.29, 0.717) is 0 Å². The smallest absolute Gasteiger partial charge is 0.0713 e. The highest BCUT2D eigenvalue weighted by atomic mass is 35.5. The first kappa shape index (κ1) is 53.8. The van der Waals surface area contributed by atoms with Gasteiger partial charge in [-0.2, -0.15) is 0 Å². The van der Waals surface area contributed by atoms with E-state index in [1.807, 2.05) is 12.1 Å². The number of fused-ring (bicyclic) bond motifs is 9. The summed E-state index contributed by atoms with van der Waals surface area (Å²) in [5.41, 5.74) is 28.8. The van der Waals surface area contributed by atoms with Crippen LogP contribution in [0.25, 0.3) is 77.9 Å². The number of hydrogen-bond donors (Lipinski definition) is 0. The summed E-state index contributed by atoms with van der Waals surface area (Å²) < 4.78 is 0. The van der Waals surface area contributed by atoms with Gasteiger partial charge in [-0.1, -0.05) is 298 Å². The molecule has 0 atom stereocenters. The van der Waals surface area contributed by atoms with Crippen LogP contribution in [0.4, 0.5) is 0 Å². The Hall–Kier alpha value is -7.51. The van der Waals surface area contributed by atoms with Crippen molar-refractivity contribution in [2.45, 2.75) is 134 Å². The maximum absolute atomic E-state index is 6.32. The lowest BCUT2D eigenvalue weighted by Crippen LogP contribution is -2.28. The maximum Gasteiger partial charge on any atom is 0.0713 e. The van der Waals surface area contributed by atoms with Crippen LogP contribution in [-0.4, -0.2) is 0 Å². The normalized spacial score (nSPS) is 14.4. The fourth-order valence-electron chi connectivity index (χ4n) is 15.2. The molecule has 0 saturated carbocycles. The predicted octanol–water partition coefficient (Wildman–Crippen LogP) is 23.4. The Kier molecular flexibility index (Phi) is 14.9. The van der Waals surface area contributed by atoms with Crippen molar-refractivity contribution in [2.24, 2.45) is 0 Å². The molecule has 3 aliphatic carbocycles. The highest BCUT2D eigenvalue weighted by Gasteiger charge is 2.47. The second-order valence-corrected chi connectivity index (χ2v) is 25.1. The average molecular weight is 1090 g/mol. The molecule has 0 N–H and O–H groups in total. The Morgan fingerprint density at radius 2 is 0.598 bits per heavy atom. The first-order chi connectivity index (χ1) is 40.2. The zero-order chi connectivity index (χ0) is 55.8. The molecular weight excluding hydrogens is 1010 g/mol. The summed E-state index contributed by atoms with van der Waals surface area (Å²) in [6.07, 6.45) is 17.9. The molecule has 0 aliphatic heterocycles. The molecule has 0 spiro atoms. The van der Waals surface area contributed by atoms with Crippen LogP contribution < -0.4 is 0 Å². The lowest BCUT2D eigenvalue weighted by molar-refractivity contribution is 0.398. The number of benzene rings is 10. The molecule has 0 nitrogen and oxygen atoms in total. The van der Waals surface area contributed by atoms with Gasteiger partial charge in [-0.3, -0.25) is 0 Å². The van der Waals surface area contributed by atoms with Crippen LogP contribution in [0, 0.1) is 0 Å². The van der Waals surface area contributed by atoms with E-state index in [9.17, 15) is 0 Å². The van der Waals surface area contributed by atoms with Crippen LogP contribution >= 0.6 is 11.6 Å². The lowest BCUT2D eigenvalue weighted by atomic mass is 9.67. The molecule has 0 amide bonds. The van der Waals surface area contributed by atoms with Crippen molar-refractivity contribution in [3.05, 3.63) is 274 Å². The molecule has 3 aliphatic rings. The Bertz CT molecular complexity index is 3860. The summed E-state index contributed by atoms with van der Waals surface area (Å²) in [5.74, 6) is 0. The van der Waals surface area contributed by atoms with E-state index in [4.69, 9.17) is 11.6 Å². The van der Waals surface area contributed by atoms with Gasteiger partial charge in [0, 0.05) is 15.9 Å². The number of hydrogen-bond acceptors (Lipinski definition) is 0. The topological polar surface area (TPSA) is 0 Å². The van der Waals surface area contributed by atoms with E-state index >= 15 is 0 Å². The third-order valence-corrected chi connectivity index (χ3v) is 19.7. The maximum atomic E-state index is 6.32. The molecule has 408 valence electrons. The molecule has 0 bridgehead atoms. The van der Waals surface area contributed by atoms with Gasteiger partial charge in [0.25, 0.3) is 0 Å². The molecule has 1 heteroatoms. The molecule has 0 radical (unpaired) electrons. The quantitative estimate of drug-likeness (QED) is 0.0667. The van der Waals surface area contributed by atoms with E-state index in [2.05, 4.69) is 240 Å². The Balaban J connectivity index is 0.867. The van der Waals surface area contributed by atoms with Gasteiger partial charge < -0.3 is 0 Å². The first-order valence-electron chi connectivity index (χ1n) is 31.0. The van der Waals surface area contributed by atoms with Crippen molar-refractivity contribution >= 4 is 11.6 Å². The minimum Gasteiger partial charge on any atom is -0.0843 e. The van der Waals surface area contributed by atoms with Gasteiger partial charge in [0.1, 0.15) is 0 Å². The highest BCUT2D eigenvalue weighted by Crippen LogP contribution is 2.59. The van der Waals surface area contributed by atoms with Crippen molar-refractivity contribution in [3.63, 3.8) is 0 Å². The van der Waals surface area contributed by atoms with Crippen molar-refractivity contribution in [3.8, 4) is 77.9 Å². The van der Waals surface area contributed by atoms with Crippen LogP contribution in [-0.2, 0) is 16.2 Å². The summed E-state index contributed by atoms with van der Waals surface area (Å²) in [4.78, 5) is 0. The molecule has 0 unspecified atom stereocenters. The predicted molar refractivity (Wildman–Crippen MR) is 350 cm³/mol. The monoisotopic (exact) mass is 1080 g/mol. The Morgan fingerprint density at radius 1 is 0.280 bits per heavy atom. The first-order valence-corrected chi connectivity index (χ1v) is 31.4. The van der Waals surface area contributed by atoms with Crippen molar-refractivity contribution in [1.82, 2.24) is 0 Å². The summed E-state index contributed by atoms with van der Waals surface area (Å²) in [6, 6.07) is 85.8. The van der Waals surface area contributed by atoms with Crippen LogP contribution in [0.3, 0.4) is 0 Å². The lowest BCUT2D eigenvalue weighted by Gasteiger charge is -2.34. The summed E-state index contributed by atoms with van der Waals surface area (Å²) in [5, 5.41) is 0.767. The molecule has 0 heterocycles. The molecule has 10 aromatic carbocycles. The number of halogens is 1. The summed E-state index contributed by atoms with van der Waals surface area (Å²) in [7, 11) is 0. The van der Waals surface area contributed by atoms with Crippen molar-refractivity contribution in [2.75, 3.05) is 0 Å². The number of unbranched alkanes of at least 4 members (excludes halogenated alkanes) is 10. The molecule has 82 heavy (non-hydrogen) atoms. The minimum atomic E-state index is -0.431. The Labute approximate surface area is 494 Å². The van der Waals surface area contributed by atoms with Crippen molar-refractivity contribution in [1.29, 1.82) is 0 Å². The summed E-state index contributed by atoms with van der Waals surface area (Å²) >= 11 is 6.32. The average Bonchev–Trinajstić information content (AvgIpc) is 2.97. The van der Waals surface area contributed by atoms with E-state index in [0.717, 1.165) is 5.02 Å². The van der Waals surface area contributed by atoms with E-state index in [-0.39, 0.29) is 10.8 Å². The van der Waals surface area contributed by atoms with Gasteiger partial charge in [0.15, 0.2) is 0 Å². The minimum absolute atomic E-state index is 0.0670. The van der Waals surface area contributed by atoms with Gasteiger partial charge >= 0.3 is 0 Å². The van der Waals surface area contributed by atoms with Crippen molar-refractivity contribution < 1.29 is 0 Å². The van der Waals surface area contributed by atoms with E-state index in [1.165, 1.54) is 201 Å².